The molecule has 0 aromatic heterocycles. The lowest BCUT2D eigenvalue weighted by atomic mass is 9.89. The van der Waals surface area contributed by atoms with Crippen LogP contribution in [0.1, 0.15) is 76.1 Å². The number of rotatable bonds is 19. The highest BCUT2D eigenvalue weighted by Crippen LogP contribution is 2.26. The molecule has 0 saturated carbocycles. The van der Waals surface area contributed by atoms with Crippen molar-refractivity contribution in [1.29, 1.82) is 0 Å². The van der Waals surface area contributed by atoms with E-state index in [1.165, 1.54) is 20.1 Å². The smallest absolute Gasteiger partial charge is 0.341 e. The number of ketones is 1. The summed E-state index contributed by atoms with van der Waals surface area (Å²) in [6.45, 7) is 6.20. The minimum atomic E-state index is -0.746. The van der Waals surface area contributed by atoms with Crippen molar-refractivity contribution in [3.8, 4) is 5.75 Å². The molecule has 0 bridgehead atoms. The van der Waals surface area contributed by atoms with E-state index >= 15 is 0 Å². The van der Waals surface area contributed by atoms with Gasteiger partial charge in [-0.3, -0.25) is 14.4 Å². The summed E-state index contributed by atoms with van der Waals surface area (Å²) in [7, 11) is 1.27. The number of carbonyl (C=O) groups excluding carboxylic acids is 5. The van der Waals surface area contributed by atoms with Gasteiger partial charge in [-0.15, -0.1) is 0 Å². The van der Waals surface area contributed by atoms with Crippen molar-refractivity contribution in [2.45, 2.75) is 71.8 Å². The van der Waals surface area contributed by atoms with E-state index in [1.54, 1.807) is 12.1 Å². The quantitative estimate of drug-likeness (QED) is 0.125. The van der Waals surface area contributed by atoms with Crippen LogP contribution >= 0.6 is 0 Å². The molecule has 0 aliphatic carbocycles. The number of benzene rings is 1. The van der Waals surface area contributed by atoms with Crippen molar-refractivity contribution in [1.82, 2.24) is 10.6 Å². The molecule has 1 aromatic carbocycles. The number of Topliss-reactive ketones (excluding diaryl/α,β-unsaturated/α-hetero) is 1. The number of carbonyl (C=O) groups is 5. The molecule has 1 rings (SSSR count). The summed E-state index contributed by atoms with van der Waals surface area (Å²) < 4.78 is 10.7. The number of hydrogen-bond donors (Lipinski definition) is 5. The number of nitrogens with two attached hydrogens (primary N) is 2. The molecule has 0 heterocycles. The van der Waals surface area contributed by atoms with Crippen molar-refractivity contribution in [2.24, 2.45) is 23.3 Å². The second kappa shape index (κ2) is 18.6. The van der Waals surface area contributed by atoms with E-state index in [1.807, 2.05) is 13.8 Å². The number of anilines is 1. The van der Waals surface area contributed by atoms with Crippen molar-refractivity contribution >= 4 is 35.3 Å². The maximum absolute atomic E-state index is 13.3. The molecule has 12 nitrogen and oxygen atoms in total. The largest absolute Gasteiger partial charge is 0.493 e. The van der Waals surface area contributed by atoms with Gasteiger partial charge in [0, 0.05) is 37.6 Å². The van der Waals surface area contributed by atoms with Crippen LogP contribution in [0.3, 0.4) is 0 Å². The maximum Gasteiger partial charge on any atom is 0.341 e. The van der Waals surface area contributed by atoms with Crippen LogP contribution in [0.5, 0.6) is 5.75 Å². The first-order chi connectivity index (χ1) is 19.0. The standard InChI is InChI=1S/C28H45N5O7/c1-18(2)25(32-19(3)34)23(35)16-20(10-9-14-31-28(30)38)26(36)33-21-11-12-22(27(37)39-4)24(17-21)40-15-8-6-5-7-13-29/h11-12,17-18,20,25H,5-10,13-16,29H2,1-4H3,(H,32,34)(H,33,36)(H3,30,31,38)/t20-,25+/m1/s1. The van der Waals surface area contributed by atoms with Gasteiger partial charge in [0.25, 0.3) is 0 Å². The molecule has 0 saturated heterocycles. The third-order valence-electron chi connectivity index (χ3n) is 6.23. The molecule has 0 aliphatic heterocycles. The summed E-state index contributed by atoms with van der Waals surface area (Å²) in [5.41, 5.74) is 11.3. The second-order valence-electron chi connectivity index (χ2n) is 9.97. The zero-order chi connectivity index (χ0) is 30.1. The van der Waals surface area contributed by atoms with Gasteiger partial charge in [0.1, 0.15) is 11.3 Å². The fraction of sp³-hybridized carbons (Fsp3) is 0.607. The van der Waals surface area contributed by atoms with E-state index in [2.05, 4.69) is 16.0 Å². The topological polar surface area (TPSA) is 192 Å². The Kier molecular flexibility index (Phi) is 16.0. The first-order valence-corrected chi connectivity index (χ1v) is 13.7. The number of nitrogens with one attached hydrogen (secondary N) is 3. The first-order valence-electron chi connectivity index (χ1n) is 13.7. The second-order valence-corrected chi connectivity index (χ2v) is 9.97. The van der Waals surface area contributed by atoms with Gasteiger partial charge in [0.15, 0.2) is 5.78 Å². The number of unbranched alkanes of at least 4 members (excludes halogenated alkanes) is 3. The van der Waals surface area contributed by atoms with Crippen LogP contribution in [0.15, 0.2) is 18.2 Å². The van der Waals surface area contributed by atoms with Gasteiger partial charge in [-0.05, 0) is 50.3 Å². The molecule has 4 amide bonds. The van der Waals surface area contributed by atoms with Crippen LogP contribution in [0.2, 0.25) is 0 Å². The molecular weight excluding hydrogens is 518 g/mol. The Morgan fingerprint density at radius 2 is 1.70 bits per heavy atom. The van der Waals surface area contributed by atoms with Crippen molar-refractivity contribution in [3.63, 3.8) is 0 Å². The van der Waals surface area contributed by atoms with Crippen LogP contribution in [0.4, 0.5) is 10.5 Å². The molecule has 7 N–H and O–H groups in total. The van der Waals surface area contributed by atoms with E-state index in [4.69, 9.17) is 20.9 Å². The third kappa shape index (κ3) is 12.9. The van der Waals surface area contributed by atoms with E-state index in [0.717, 1.165) is 25.7 Å². The normalized spacial score (nSPS) is 12.2. The van der Waals surface area contributed by atoms with Gasteiger partial charge in [-0.25, -0.2) is 9.59 Å². The van der Waals surface area contributed by atoms with Crippen LogP contribution in [0, 0.1) is 11.8 Å². The summed E-state index contributed by atoms with van der Waals surface area (Å²) in [6.07, 6.45) is 4.19. The number of primary amides is 1. The zero-order valence-corrected chi connectivity index (χ0v) is 24.0. The molecule has 40 heavy (non-hydrogen) atoms. The van der Waals surface area contributed by atoms with Gasteiger partial charge in [0.05, 0.1) is 19.8 Å². The van der Waals surface area contributed by atoms with Gasteiger partial charge in [0.2, 0.25) is 11.8 Å². The first kappa shape index (κ1) is 34.4. The highest BCUT2D eigenvalue weighted by Gasteiger charge is 2.29. The van der Waals surface area contributed by atoms with Gasteiger partial charge in [-0.1, -0.05) is 26.7 Å². The van der Waals surface area contributed by atoms with Crippen LogP contribution < -0.4 is 32.2 Å². The molecule has 0 radical (unpaired) electrons. The Bertz CT molecular complexity index is 999. The Balaban J connectivity index is 3.07. The van der Waals surface area contributed by atoms with E-state index in [9.17, 15) is 24.0 Å². The fourth-order valence-corrected chi connectivity index (χ4v) is 4.12. The summed E-state index contributed by atoms with van der Waals surface area (Å²) in [6, 6.07) is 3.19. The average Bonchev–Trinajstić information content (AvgIpc) is 2.90. The molecule has 224 valence electrons. The summed E-state index contributed by atoms with van der Waals surface area (Å²) in [5.74, 6) is -2.24. The summed E-state index contributed by atoms with van der Waals surface area (Å²) in [4.78, 5) is 61.3. The zero-order valence-electron chi connectivity index (χ0n) is 24.0. The Morgan fingerprint density at radius 3 is 2.30 bits per heavy atom. The minimum absolute atomic E-state index is 0.113. The Labute approximate surface area is 236 Å². The molecule has 2 atom stereocenters. The lowest BCUT2D eigenvalue weighted by molar-refractivity contribution is -0.130. The summed E-state index contributed by atoms with van der Waals surface area (Å²) >= 11 is 0. The Morgan fingerprint density at radius 1 is 1.00 bits per heavy atom. The van der Waals surface area contributed by atoms with Crippen LogP contribution in [-0.2, 0) is 19.1 Å². The fourth-order valence-electron chi connectivity index (χ4n) is 4.12. The molecule has 0 aliphatic rings. The number of amides is 4. The predicted molar refractivity (Wildman–Crippen MR) is 152 cm³/mol. The summed E-state index contributed by atoms with van der Waals surface area (Å²) in [5, 5.41) is 7.95. The number of urea groups is 1. The van der Waals surface area contributed by atoms with Crippen molar-refractivity contribution < 1.29 is 33.4 Å². The number of esters is 1. The van der Waals surface area contributed by atoms with E-state index in [-0.39, 0.29) is 48.3 Å². The van der Waals surface area contributed by atoms with Crippen molar-refractivity contribution in [2.75, 3.05) is 32.1 Å². The highest BCUT2D eigenvalue weighted by molar-refractivity contribution is 5.98. The number of hydrogen-bond acceptors (Lipinski definition) is 8. The predicted octanol–water partition coefficient (Wildman–Crippen LogP) is 2.49. The SMILES string of the molecule is COC(=O)c1ccc(NC(=O)[C@H](CCCNC(N)=O)CC(=O)[C@@H](NC(C)=O)C(C)C)cc1OCCCCCCN. The molecule has 0 fully saturated rings. The molecule has 0 unspecified atom stereocenters. The van der Waals surface area contributed by atoms with Crippen LogP contribution in [-0.4, -0.2) is 62.4 Å². The third-order valence-corrected chi connectivity index (χ3v) is 6.23. The lowest BCUT2D eigenvalue weighted by Gasteiger charge is -2.23. The number of methoxy groups -OCH3 is 1. The monoisotopic (exact) mass is 563 g/mol. The van der Waals surface area contributed by atoms with Gasteiger partial charge in [-0.2, -0.15) is 0 Å². The Hall–Kier alpha value is -3.67. The van der Waals surface area contributed by atoms with Gasteiger partial charge >= 0.3 is 12.0 Å². The highest BCUT2D eigenvalue weighted by atomic mass is 16.5. The molecule has 0 spiro atoms. The lowest BCUT2D eigenvalue weighted by Crippen LogP contribution is -2.44. The van der Waals surface area contributed by atoms with E-state index < -0.39 is 29.9 Å². The molecule has 12 heteroatoms. The molecule has 1 aromatic rings. The minimum Gasteiger partial charge on any atom is -0.493 e. The van der Waals surface area contributed by atoms with Crippen LogP contribution in [0.25, 0.3) is 0 Å². The van der Waals surface area contributed by atoms with Gasteiger partial charge < -0.3 is 36.9 Å². The maximum atomic E-state index is 13.3. The average molecular weight is 564 g/mol. The van der Waals surface area contributed by atoms with E-state index in [0.29, 0.717) is 25.3 Å². The van der Waals surface area contributed by atoms with Crippen molar-refractivity contribution in [3.05, 3.63) is 23.8 Å². The molecular formula is C28H45N5O7. The number of ether oxygens (including phenoxy) is 2.